The van der Waals surface area contributed by atoms with Crippen molar-refractivity contribution in [3.05, 3.63) is 0 Å². The van der Waals surface area contributed by atoms with E-state index in [1.54, 1.807) is 6.92 Å². The normalized spacial score (nSPS) is 11.4. The van der Waals surface area contributed by atoms with Crippen LogP contribution >= 0.6 is 0 Å². The smallest absolute Gasteiger partial charge is 0.371 e. The quantitative estimate of drug-likeness (QED) is 0.541. The summed E-state index contributed by atoms with van der Waals surface area (Å²) in [5, 5.41) is 0. The van der Waals surface area contributed by atoms with E-state index in [0.717, 1.165) is 0 Å². The number of carbonyl (C=O) groups excluding carboxylic acids is 1. The van der Waals surface area contributed by atoms with Crippen LogP contribution in [0.2, 0.25) is 0 Å². The first kappa shape index (κ1) is 12.2. The van der Waals surface area contributed by atoms with Crippen LogP contribution in [0.3, 0.4) is 0 Å². The van der Waals surface area contributed by atoms with Crippen molar-refractivity contribution in [1.29, 1.82) is 0 Å². The number of alkyl halides is 3. The van der Waals surface area contributed by atoms with E-state index in [4.69, 9.17) is 0 Å². The number of carbonyl (C=O) groups is 1. The Labute approximate surface area is 74.2 Å². The van der Waals surface area contributed by atoms with Crippen molar-refractivity contribution in [2.75, 3.05) is 6.54 Å². The van der Waals surface area contributed by atoms with E-state index in [2.05, 4.69) is 4.84 Å². The topological polar surface area (TPSA) is 38.3 Å². The minimum absolute atomic E-state index is 0.207. The highest BCUT2D eigenvalue weighted by atomic mass is 19.4. The highest BCUT2D eigenvalue weighted by molar-refractivity contribution is 5.68. The summed E-state index contributed by atoms with van der Waals surface area (Å²) in [6.45, 7) is 1.37. The standard InChI is InChI=1S/C7H12F3NO2/c1-2-3-6(12)13-11-5-4-7(8,9)10/h11H,2-5H2,1H3. The molecule has 0 spiro atoms. The SMILES string of the molecule is CCCC(=O)ONCCC(F)(F)F. The van der Waals surface area contributed by atoms with Crippen molar-refractivity contribution in [1.82, 2.24) is 5.48 Å². The van der Waals surface area contributed by atoms with Gasteiger partial charge in [0, 0.05) is 13.0 Å². The Morgan fingerprint density at radius 3 is 2.54 bits per heavy atom. The molecule has 0 radical (unpaired) electrons. The van der Waals surface area contributed by atoms with Gasteiger partial charge in [-0.2, -0.15) is 18.7 Å². The number of rotatable bonds is 5. The Bertz CT molecular complexity index is 158. The molecule has 0 aromatic carbocycles. The van der Waals surface area contributed by atoms with Gasteiger partial charge in [-0.15, -0.1) is 0 Å². The first-order valence-electron chi connectivity index (χ1n) is 3.95. The minimum atomic E-state index is -4.22. The lowest BCUT2D eigenvalue weighted by Crippen LogP contribution is -2.24. The summed E-state index contributed by atoms with van der Waals surface area (Å²) in [7, 11) is 0. The van der Waals surface area contributed by atoms with Gasteiger partial charge in [-0.3, -0.25) is 4.79 Å². The van der Waals surface area contributed by atoms with Gasteiger partial charge in [-0.05, 0) is 6.42 Å². The highest BCUT2D eigenvalue weighted by Crippen LogP contribution is 2.17. The molecule has 0 aromatic heterocycles. The maximum atomic E-state index is 11.5. The lowest BCUT2D eigenvalue weighted by molar-refractivity contribution is -0.158. The molecule has 0 rings (SSSR count). The predicted octanol–water partition coefficient (Wildman–Crippen LogP) is 1.79. The molecule has 0 aliphatic rings. The summed E-state index contributed by atoms with van der Waals surface area (Å²) >= 11 is 0. The number of hydrogen-bond donors (Lipinski definition) is 1. The van der Waals surface area contributed by atoms with Crippen LogP contribution < -0.4 is 5.48 Å². The van der Waals surface area contributed by atoms with Crippen molar-refractivity contribution in [3.63, 3.8) is 0 Å². The molecule has 0 aromatic rings. The number of nitrogens with one attached hydrogen (secondary N) is 1. The van der Waals surface area contributed by atoms with E-state index in [1.165, 1.54) is 0 Å². The van der Waals surface area contributed by atoms with Crippen LogP contribution in [-0.4, -0.2) is 18.7 Å². The van der Waals surface area contributed by atoms with E-state index in [9.17, 15) is 18.0 Å². The van der Waals surface area contributed by atoms with Crippen molar-refractivity contribution in [2.24, 2.45) is 0 Å². The second-order valence-electron chi connectivity index (χ2n) is 2.48. The third-order valence-corrected chi connectivity index (χ3v) is 1.15. The second-order valence-corrected chi connectivity index (χ2v) is 2.48. The molecule has 13 heavy (non-hydrogen) atoms. The average Bonchev–Trinajstić information content (AvgIpc) is 1.97. The third kappa shape index (κ3) is 9.13. The van der Waals surface area contributed by atoms with E-state index in [0.29, 0.717) is 6.42 Å². The Morgan fingerprint density at radius 1 is 1.46 bits per heavy atom. The van der Waals surface area contributed by atoms with Crippen LogP contribution in [0.25, 0.3) is 0 Å². The first-order valence-corrected chi connectivity index (χ1v) is 3.95. The zero-order valence-corrected chi connectivity index (χ0v) is 7.28. The fraction of sp³-hybridized carbons (Fsp3) is 0.857. The predicted molar refractivity (Wildman–Crippen MR) is 39.7 cm³/mol. The van der Waals surface area contributed by atoms with Crippen LogP contribution in [0.15, 0.2) is 0 Å². The molecule has 0 saturated heterocycles. The maximum absolute atomic E-state index is 11.5. The van der Waals surface area contributed by atoms with Crippen molar-refractivity contribution in [3.8, 4) is 0 Å². The maximum Gasteiger partial charge on any atom is 0.390 e. The van der Waals surface area contributed by atoms with Crippen LogP contribution in [0, 0.1) is 0 Å². The largest absolute Gasteiger partial charge is 0.390 e. The van der Waals surface area contributed by atoms with Gasteiger partial charge < -0.3 is 4.84 Å². The minimum Gasteiger partial charge on any atom is -0.371 e. The molecular weight excluding hydrogens is 187 g/mol. The Hall–Kier alpha value is -0.780. The molecule has 0 aliphatic heterocycles. The molecule has 0 aliphatic carbocycles. The van der Waals surface area contributed by atoms with Gasteiger partial charge in [0.25, 0.3) is 0 Å². The molecule has 0 atom stereocenters. The lowest BCUT2D eigenvalue weighted by Gasteiger charge is -2.07. The van der Waals surface area contributed by atoms with Crippen LogP contribution in [0.1, 0.15) is 26.2 Å². The summed E-state index contributed by atoms with van der Waals surface area (Å²) in [5.74, 6) is -0.537. The molecule has 0 saturated carbocycles. The number of halogens is 3. The van der Waals surface area contributed by atoms with Crippen molar-refractivity contribution >= 4 is 5.97 Å². The van der Waals surface area contributed by atoms with Crippen LogP contribution in [0.5, 0.6) is 0 Å². The van der Waals surface area contributed by atoms with Gasteiger partial charge in [0.2, 0.25) is 0 Å². The molecule has 0 heterocycles. The number of hydrogen-bond acceptors (Lipinski definition) is 3. The molecule has 0 unspecified atom stereocenters. The average molecular weight is 199 g/mol. The van der Waals surface area contributed by atoms with Gasteiger partial charge >= 0.3 is 12.1 Å². The summed E-state index contributed by atoms with van der Waals surface area (Å²) in [5.41, 5.74) is 1.96. The second kappa shape index (κ2) is 5.80. The molecule has 1 N–H and O–H groups in total. The van der Waals surface area contributed by atoms with Gasteiger partial charge in [0.1, 0.15) is 0 Å². The van der Waals surface area contributed by atoms with E-state index < -0.39 is 25.1 Å². The molecule has 0 fully saturated rings. The van der Waals surface area contributed by atoms with Crippen LogP contribution in [-0.2, 0) is 9.63 Å². The molecule has 6 heteroatoms. The van der Waals surface area contributed by atoms with E-state index in [1.807, 2.05) is 5.48 Å². The summed E-state index contributed by atoms with van der Waals surface area (Å²) in [6, 6.07) is 0. The zero-order valence-electron chi connectivity index (χ0n) is 7.28. The first-order chi connectivity index (χ1) is 5.95. The highest BCUT2D eigenvalue weighted by Gasteiger charge is 2.26. The Kier molecular flexibility index (Phi) is 5.45. The fourth-order valence-electron chi connectivity index (χ4n) is 0.579. The molecule has 0 amide bonds. The van der Waals surface area contributed by atoms with Gasteiger partial charge in [0.15, 0.2) is 0 Å². The van der Waals surface area contributed by atoms with Gasteiger partial charge in [-0.1, -0.05) is 6.92 Å². The van der Waals surface area contributed by atoms with E-state index in [-0.39, 0.29) is 6.42 Å². The lowest BCUT2D eigenvalue weighted by atomic mass is 10.3. The van der Waals surface area contributed by atoms with Gasteiger partial charge in [-0.25, -0.2) is 0 Å². The molecule has 3 nitrogen and oxygen atoms in total. The van der Waals surface area contributed by atoms with Gasteiger partial charge in [0.05, 0.1) is 6.42 Å². The molecular formula is C7H12F3NO2. The van der Waals surface area contributed by atoms with Crippen LogP contribution in [0.4, 0.5) is 13.2 Å². The Balaban J connectivity index is 3.31. The number of hydroxylamine groups is 1. The summed E-state index contributed by atoms with van der Waals surface area (Å²) < 4.78 is 34.6. The summed E-state index contributed by atoms with van der Waals surface area (Å²) in [4.78, 5) is 14.9. The summed E-state index contributed by atoms with van der Waals surface area (Å²) in [6.07, 6.45) is -4.41. The third-order valence-electron chi connectivity index (χ3n) is 1.15. The van der Waals surface area contributed by atoms with E-state index >= 15 is 0 Å². The molecule has 0 bridgehead atoms. The fourth-order valence-corrected chi connectivity index (χ4v) is 0.579. The van der Waals surface area contributed by atoms with Crippen molar-refractivity contribution in [2.45, 2.75) is 32.4 Å². The molecule has 78 valence electrons. The zero-order chi connectivity index (χ0) is 10.3. The van der Waals surface area contributed by atoms with Crippen molar-refractivity contribution < 1.29 is 22.8 Å². The Morgan fingerprint density at radius 2 is 2.08 bits per heavy atom. The monoisotopic (exact) mass is 199 g/mol.